The molecular weight excluding hydrogens is 354 g/mol. The molecule has 0 aromatic heterocycles. The number of esters is 1. The smallest absolute Gasteiger partial charge is 0.303 e. The van der Waals surface area contributed by atoms with Crippen molar-refractivity contribution in [1.29, 1.82) is 5.26 Å². The van der Waals surface area contributed by atoms with Crippen LogP contribution in [0.4, 0.5) is 0 Å². The molecule has 0 spiro atoms. The fourth-order valence-electron chi connectivity index (χ4n) is 3.55. The first-order valence-corrected chi connectivity index (χ1v) is 10.2. The van der Waals surface area contributed by atoms with Crippen LogP contribution < -0.4 is 0 Å². The summed E-state index contributed by atoms with van der Waals surface area (Å²) in [5.74, 6) is -0.177. The van der Waals surface area contributed by atoms with E-state index in [9.17, 15) is 9.90 Å². The lowest BCUT2D eigenvalue weighted by Crippen LogP contribution is -2.44. The summed E-state index contributed by atoms with van der Waals surface area (Å²) in [6.07, 6.45) is 7.69. The van der Waals surface area contributed by atoms with Gasteiger partial charge in [-0.1, -0.05) is 25.0 Å². The van der Waals surface area contributed by atoms with E-state index in [-0.39, 0.29) is 18.0 Å². The van der Waals surface area contributed by atoms with Crippen LogP contribution in [0.25, 0.3) is 0 Å². The molecule has 2 unspecified atom stereocenters. The number of nitrogens with zero attached hydrogens (tertiary/aromatic N) is 1. The van der Waals surface area contributed by atoms with Crippen LogP contribution in [-0.4, -0.2) is 35.0 Å². The van der Waals surface area contributed by atoms with Gasteiger partial charge in [0.25, 0.3) is 0 Å². The molecule has 1 rings (SSSR count). The first kappa shape index (κ1) is 24.4. The van der Waals surface area contributed by atoms with Crippen molar-refractivity contribution in [3.05, 3.63) is 23.3 Å². The Morgan fingerprint density at radius 2 is 2.18 bits per heavy atom. The summed E-state index contributed by atoms with van der Waals surface area (Å²) in [4.78, 5) is 11.6. The highest BCUT2D eigenvalue weighted by atomic mass is 16.6. The molecule has 1 N–H and O–H groups in total. The molecule has 0 aromatic rings. The van der Waals surface area contributed by atoms with Gasteiger partial charge in [-0.25, -0.2) is 0 Å². The molecule has 1 saturated heterocycles. The first-order chi connectivity index (χ1) is 13.0. The molecule has 0 saturated carbocycles. The third-order valence-corrected chi connectivity index (χ3v) is 5.87. The van der Waals surface area contributed by atoms with Gasteiger partial charge in [-0.15, -0.1) is 0 Å². The lowest BCUT2D eigenvalue weighted by atomic mass is 9.81. The van der Waals surface area contributed by atoms with E-state index in [2.05, 4.69) is 19.1 Å². The molecule has 158 valence electrons. The molecule has 1 heterocycles. The topological polar surface area (TPSA) is 79.6 Å². The SMILES string of the molecule is CC(=O)O[C@@H]1CC/C(=C\C#N)CO[C@@]1(C)CCCC(C)C(C)(O)CC=C(C)C. The Morgan fingerprint density at radius 3 is 2.75 bits per heavy atom. The average molecular weight is 392 g/mol. The lowest BCUT2D eigenvalue weighted by Gasteiger charge is -2.36. The minimum absolute atomic E-state index is 0.138. The predicted octanol–water partition coefficient (Wildman–Crippen LogP) is 4.85. The Morgan fingerprint density at radius 1 is 1.50 bits per heavy atom. The summed E-state index contributed by atoms with van der Waals surface area (Å²) >= 11 is 0. The number of hydrogen-bond donors (Lipinski definition) is 1. The Bertz CT molecular complexity index is 625. The molecule has 0 aliphatic carbocycles. The third-order valence-electron chi connectivity index (χ3n) is 5.87. The predicted molar refractivity (Wildman–Crippen MR) is 111 cm³/mol. The van der Waals surface area contributed by atoms with E-state index >= 15 is 0 Å². The molecule has 4 atom stereocenters. The minimum Gasteiger partial charge on any atom is -0.459 e. The summed E-state index contributed by atoms with van der Waals surface area (Å²) in [6.45, 7) is 11.8. The minimum atomic E-state index is -0.750. The fraction of sp³-hybridized carbons (Fsp3) is 0.739. The van der Waals surface area contributed by atoms with Crippen LogP contribution in [0.2, 0.25) is 0 Å². The highest BCUT2D eigenvalue weighted by molar-refractivity contribution is 5.66. The van der Waals surface area contributed by atoms with Gasteiger partial charge in [-0.2, -0.15) is 5.26 Å². The standard InChI is InChI=1S/C23H37NO4/c1-17(2)11-14-22(5,26)18(3)8-7-13-23(6)21(28-19(4)25)10-9-20(12-15-24)16-27-23/h11-12,18,21,26H,7-10,13-14,16H2,1-6H3/b20-12+/t18?,21-,22?,23+/m1/s1. The van der Waals surface area contributed by atoms with Crippen LogP contribution in [0.3, 0.4) is 0 Å². The number of allylic oxidation sites excluding steroid dienone is 2. The van der Waals surface area contributed by atoms with Crippen molar-refractivity contribution in [1.82, 2.24) is 0 Å². The van der Waals surface area contributed by atoms with Gasteiger partial charge in [-0.3, -0.25) is 4.79 Å². The van der Waals surface area contributed by atoms with Crippen molar-refractivity contribution in [3.63, 3.8) is 0 Å². The van der Waals surface area contributed by atoms with E-state index in [4.69, 9.17) is 14.7 Å². The van der Waals surface area contributed by atoms with Crippen molar-refractivity contribution >= 4 is 5.97 Å². The number of rotatable bonds is 8. The highest BCUT2D eigenvalue weighted by Gasteiger charge is 2.40. The van der Waals surface area contributed by atoms with Crippen molar-refractivity contribution < 1.29 is 19.4 Å². The van der Waals surface area contributed by atoms with Crippen LogP contribution in [-0.2, 0) is 14.3 Å². The molecule has 28 heavy (non-hydrogen) atoms. The maximum absolute atomic E-state index is 11.6. The number of carbonyl (C=O) groups is 1. The third kappa shape index (κ3) is 7.77. The Hall–Kier alpha value is -1.64. The van der Waals surface area contributed by atoms with E-state index < -0.39 is 11.2 Å². The van der Waals surface area contributed by atoms with Crippen LogP contribution in [0.15, 0.2) is 23.3 Å². The van der Waals surface area contributed by atoms with E-state index in [0.717, 1.165) is 24.8 Å². The second-order valence-electron chi connectivity index (χ2n) is 8.81. The zero-order valence-corrected chi connectivity index (χ0v) is 18.4. The molecule has 0 amide bonds. The van der Waals surface area contributed by atoms with E-state index in [1.165, 1.54) is 18.6 Å². The first-order valence-electron chi connectivity index (χ1n) is 10.2. The number of carbonyl (C=O) groups excluding carboxylic acids is 1. The summed E-state index contributed by atoms with van der Waals surface area (Å²) in [5, 5.41) is 19.7. The Balaban J connectivity index is 2.76. The van der Waals surface area contributed by atoms with Crippen molar-refractivity contribution in [2.24, 2.45) is 5.92 Å². The largest absolute Gasteiger partial charge is 0.459 e. The number of aliphatic hydroxyl groups is 1. The van der Waals surface area contributed by atoms with Crippen molar-refractivity contribution in [2.45, 2.75) is 97.4 Å². The normalized spacial score (nSPS) is 27.2. The zero-order chi connectivity index (χ0) is 21.4. The van der Waals surface area contributed by atoms with Gasteiger partial charge in [0.1, 0.15) is 11.7 Å². The van der Waals surface area contributed by atoms with Crippen molar-refractivity contribution in [2.75, 3.05) is 6.61 Å². The summed E-state index contributed by atoms with van der Waals surface area (Å²) in [7, 11) is 0. The van der Waals surface area contributed by atoms with E-state index in [1.807, 2.05) is 27.7 Å². The Labute approximate surface area is 170 Å². The number of ether oxygens (including phenoxy) is 2. The van der Waals surface area contributed by atoms with Gasteiger partial charge < -0.3 is 14.6 Å². The molecule has 1 fully saturated rings. The number of hydrogen-bond acceptors (Lipinski definition) is 5. The molecule has 1 aliphatic rings. The summed E-state index contributed by atoms with van der Waals surface area (Å²) in [6, 6.07) is 2.06. The van der Waals surface area contributed by atoms with Crippen LogP contribution in [0, 0.1) is 17.2 Å². The Kier molecular flexibility index (Phi) is 9.39. The van der Waals surface area contributed by atoms with Gasteiger partial charge in [0.05, 0.1) is 18.3 Å². The quantitative estimate of drug-likeness (QED) is 0.363. The van der Waals surface area contributed by atoms with Gasteiger partial charge in [0.15, 0.2) is 0 Å². The van der Waals surface area contributed by atoms with Crippen LogP contribution >= 0.6 is 0 Å². The zero-order valence-electron chi connectivity index (χ0n) is 18.4. The highest BCUT2D eigenvalue weighted by Crippen LogP contribution is 2.35. The second kappa shape index (κ2) is 10.8. The summed E-state index contributed by atoms with van der Waals surface area (Å²) in [5.41, 5.74) is 0.793. The van der Waals surface area contributed by atoms with E-state index in [0.29, 0.717) is 25.9 Å². The molecule has 0 radical (unpaired) electrons. The molecule has 5 nitrogen and oxygen atoms in total. The maximum Gasteiger partial charge on any atom is 0.303 e. The molecule has 0 aromatic carbocycles. The van der Waals surface area contributed by atoms with Gasteiger partial charge in [0, 0.05) is 13.0 Å². The molecule has 5 heteroatoms. The monoisotopic (exact) mass is 391 g/mol. The van der Waals surface area contributed by atoms with Gasteiger partial charge in [0.2, 0.25) is 0 Å². The fourth-order valence-corrected chi connectivity index (χ4v) is 3.55. The van der Waals surface area contributed by atoms with E-state index in [1.54, 1.807) is 0 Å². The maximum atomic E-state index is 11.6. The number of nitriles is 1. The van der Waals surface area contributed by atoms with Gasteiger partial charge in [-0.05, 0) is 71.3 Å². The average Bonchev–Trinajstić information content (AvgIpc) is 2.74. The van der Waals surface area contributed by atoms with Gasteiger partial charge >= 0.3 is 5.97 Å². The molecular formula is C23H37NO4. The molecule has 1 aliphatic heterocycles. The summed E-state index contributed by atoms with van der Waals surface area (Å²) < 4.78 is 11.7. The van der Waals surface area contributed by atoms with Crippen LogP contribution in [0.5, 0.6) is 0 Å². The van der Waals surface area contributed by atoms with Crippen molar-refractivity contribution in [3.8, 4) is 6.07 Å². The molecule has 0 bridgehead atoms. The second-order valence-corrected chi connectivity index (χ2v) is 8.81. The van der Waals surface area contributed by atoms with Crippen LogP contribution in [0.1, 0.15) is 80.1 Å². The lowest BCUT2D eigenvalue weighted by molar-refractivity contribution is -0.168.